The van der Waals surface area contributed by atoms with Gasteiger partial charge in [-0.15, -0.1) is 0 Å². The molecule has 1 aromatic rings. The lowest BCUT2D eigenvalue weighted by Gasteiger charge is -2.30. The van der Waals surface area contributed by atoms with E-state index >= 15 is 0 Å². The first-order valence-electron chi connectivity index (χ1n) is 8.78. The van der Waals surface area contributed by atoms with Gasteiger partial charge in [0.1, 0.15) is 5.82 Å². The number of benzene rings is 1. The molecule has 0 aliphatic heterocycles. The summed E-state index contributed by atoms with van der Waals surface area (Å²) < 4.78 is 25.0. The van der Waals surface area contributed by atoms with Crippen LogP contribution in [0.5, 0.6) is 0 Å². The van der Waals surface area contributed by atoms with Crippen molar-refractivity contribution >= 4 is 16.8 Å². The smallest absolute Gasteiger partial charge is 0.191 e. The van der Waals surface area contributed by atoms with Crippen LogP contribution < -0.4 is 10.6 Å². The predicted octanol–water partition coefficient (Wildman–Crippen LogP) is 2.96. The topological polar surface area (TPSA) is 53.5 Å². The van der Waals surface area contributed by atoms with Crippen LogP contribution in [-0.2, 0) is 17.3 Å². The summed E-state index contributed by atoms with van der Waals surface area (Å²) >= 11 is 0. The Labute approximate surface area is 146 Å². The maximum absolute atomic E-state index is 13.0. The Morgan fingerprint density at radius 1 is 1.29 bits per heavy atom. The SMILES string of the molecule is CCNC(=NCc1ccc(F)cc1)NC1CCCC(S(=O)CC)C1. The van der Waals surface area contributed by atoms with Crippen molar-refractivity contribution in [1.82, 2.24) is 10.6 Å². The van der Waals surface area contributed by atoms with Crippen LogP contribution in [-0.4, -0.2) is 33.8 Å². The average Bonchev–Trinajstić information content (AvgIpc) is 2.61. The van der Waals surface area contributed by atoms with Crippen molar-refractivity contribution in [3.8, 4) is 0 Å². The third-order valence-electron chi connectivity index (χ3n) is 4.30. The van der Waals surface area contributed by atoms with Crippen molar-refractivity contribution < 1.29 is 8.60 Å². The van der Waals surface area contributed by atoms with Gasteiger partial charge in [0.2, 0.25) is 0 Å². The molecule has 24 heavy (non-hydrogen) atoms. The van der Waals surface area contributed by atoms with Crippen LogP contribution in [0, 0.1) is 5.82 Å². The van der Waals surface area contributed by atoms with E-state index in [-0.39, 0.29) is 5.82 Å². The molecule has 0 radical (unpaired) electrons. The fourth-order valence-electron chi connectivity index (χ4n) is 3.02. The molecule has 6 heteroatoms. The van der Waals surface area contributed by atoms with E-state index in [1.807, 2.05) is 13.8 Å². The number of rotatable bonds is 6. The molecule has 2 N–H and O–H groups in total. The molecule has 0 amide bonds. The summed E-state index contributed by atoms with van der Waals surface area (Å²) in [7, 11) is -0.724. The van der Waals surface area contributed by atoms with E-state index in [2.05, 4.69) is 15.6 Å². The number of guanidine groups is 1. The highest BCUT2D eigenvalue weighted by atomic mass is 32.2. The standard InChI is InChI=1S/C18H28FN3OS/c1-3-20-18(21-13-14-8-10-15(19)11-9-14)22-16-6-5-7-17(12-16)24(23)4-2/h8-11,16-17H,3-7,12-13H2,1-2H3,(H2,20,21,22). The first-order chi connectivity index (χ1) is 11.6. The summed E-state index contributed by atoms with van der Waals surface area (Å²) in [5, 5.41) is 7.03. The van der Waals surface area contributed by atoms with E-state index in [0.717, 1.165) is 49.5 Å². The first-order valence-corrected chi connectivity index (χ1v) is 10.2. The van der Waals surface area contributed by atoms with E-state index in [0.29, 0.717) is 17.8 Å². The third kappa shape index (κ3) is 5.89. The normalized spacial score (nSPS) is 22.9. The number of halogens is 1. The molecule has 2 rings (SSSR count). The second-order valence-corrected chi connectivity index (χ2v) is 8.13. The van der Waals surface area contributed by atoms with Crippen LogP contribution in [0.3, 0.4) is 0 Å². The molecule has 3 unspecified atom stereocenters. The minimum atomic E-state index is -0.724. The Morgan fingerprint density at radius 3 is 2.71 bits per heavy atom. The molecular formula is C18H28FN3OS. The van der Waals surface area contributed by atoms with Crippen molar-refractivity contribution in [2.24, 2.45) is 4.99 Å². The number of hydrogen-bond donors (Lipinski definition) is 2. The van der Waals surface area contributed by atoms with E-state index < -0.39 is 10.8 Å². The van der Waals surface area contributed by atoms with Gasteiger partial charge in [0, 0.05) is 34.4 Å². The maximum atomic E-state index is 13.0. The second kappa shape index (κ2) is 9.77. The fourth-order valence-corrected chi connectivity index (χ4v) is 4.37. The zero-order chi connectivity index (χ0) is 17.4. The molecule has 1 saturated carbocycles. The van der Waals surface area contributed by atoms with Crippen LogP contribution in [0.2, 0.25) is 0 Å². The fraction of sp³-hybridized carbons (Fsp3) is 0.611. The minimum absolute atomic E-state index is 0.232. The van der Waals surface area contributed by atoms with Gasteiger partial charge in [-0.25, -0.2) is 9.38 Å². The van der Waals surface area contributed by atoms with Crippen molar-refractivity contribution in [2.45, 2.75) is 57.4 Å². The highest BCUT2D eigenvalue weighted by Crippen LogP contribution is 2.23. The first kappa shape index (κ1) is 18.9. The lowest BCUT2D eigenvalue weighted by Crippen LogP contribution is -2.46. The Balaban J connectivity index is 1.95. The van der Waals surface area contributed by atoms with Crippen LogP contribution in [0.1, 0.15) is 45.1 Å². The largest absolute Gasteiger partial charge is 0.357 e. The lowest BCUT2D eigenvalue weighted by molar-refractivity contribution is 0.413. The highest BCUT2D eigenvalue weighted by molar-refractivity contribution is 7.85. The zero-order valence-electron chi connectivity index (χ0n) is 14.6. The molecule has 0 spiro atoms. The molecule has 1 aromatic carbocycles. The summed E-state index contributed by atoms with van der Waals surface area (Å²) in [6, 6.07) is 6.73. The highest BCUT2D eigenvalue weighted by Gasteiger charge is 2.25. The van der Waals surface area contributed by atoms with E-state index in [1.165, 1.54) is 12.1 Å². The number of nitrogens with zero attached hydrogens (tertiary/aromatic N) is 1. The van der Waals surface area contributed by atoms with Crippen molar-refractivity contribution in [3.63, 3.8) is 0 Å². The molecular weight excluding hydrogens is 325 g/mol. The molecule has 0 aromatic heterocycles. The van der Waals surface area contributed by atoms with E-state index in [9.17, 15) is 8.60 Å². The summed E-state index contributed by atoms with van der Waals surface area (Å²) in [5.41, 5.74) is 0.974. The average molecular weight is 354 g/mol. The zero-order valence-corrected chi connectivity index (χ0v) is 15.4. The molecule has 0 saturated heterocycles. The van der Waals surface area contributed by atoms with Crippen LogP contribution in [0.4, 0.5) is 4.39 Å². The molecule has 1 aliphatic rings. The summed E-state index contributed by atoms with van der Waals surface area (Å²) in [5.74, 6) is 1.27. The van der Waals surface area contributed by atoms with Gasteiger partial charge < -0.3 is 10.6 Å². The van der Waals surface area contributed by atoms with Gasteiger partial charge in [-0.2, -0.15) is 0 Å². The van der Waals surface area contributed by atoms with Crippen molar-refractivity contribution in [2.75, 3.05) is 12.3 Å². The molecule has 0 heterocycles. The number of nitrogens with one attached hydrogen (secondary N) is 2. The summed E-state index contributed by atoms with van der Waals surface area (Å²) in [6.45, 7) is 5.31. The Hall–Kier alpha value is -1.43. The second-order valence-electron chi connectivity index (χ2n) is 6.12. The molecule has 1 fully saturated rings. The summed E-state index contributed by atoms with van der Waals surface area (Å²) in [4.78, 5) is 4.59. The molecule has 0 bridgehead atoms. The van der Waals surface area contributed by atoms with Crippen LogP contribution >= 0.6 is 0 Å². The van der Waals surface area contributed by atoms with Crippen LogP contribution in [0.15, 0.2) is 29.3 Å². The Bertz CT molecular complexity index is 562. The Morgan fingerprint density at radius 2 is 2.04 bits per heavy atom. The molecule has 4 nitrogen and oxygen atoms in total. The summed E-state index contributed by atoms with van der Waals surface area (Å²) in [6.07, 6.45) is 4.17. The van der Waals surface area contributed by atoms with Crippen molar-refractivity contribution in [3.05, 3.63) is 35.6 Å². The quantitative estimate of drug-likeness (QED) is 0.611. The van der Waals surface area contributed by atoms with Gasteiger partial charge in [0.05, 0.1) is 6.54 Å². The predicted molar refractivity (Wildman–Crippen MR) is 99.1 cm³/mol. The number of hydrogen-bond acceptors (Lipinski definition) is 2. The molecule has 1 aliphatic carbocycles. The van der Waals surface area contributed by atoms with Crippen molar-refractivity contribution in [1.29, 1.82) is 0 Å². The third-order valence-corrected chi connectivity index (χ3v) is 6.04. The van der Waals surface area contributed by atoms with Gasteiger partial charge in [0.25, 0.3) is 0 Å². The maximum Gasteiger partial charge on any atom is 0.191 e. The lowest BCUT2D eigenvalue weighted by atomic mass is 9.95. The van der Waals surface area contributed by atoms with Gasteiger partial charge in [-0.3, -0.25) is 4.21 Å². The molecule has 3 atom stereocenters. The van der Waals surface area contributed by atoms with Gasteiger partial charge in [0.15, 0.2) is 5.96 Å². The van der Waals surface area contributed by atoms with Gasteiger partial charge in [-0.05, 0) is 43.9 Å². The minimum Gasteiger partial charge on any atom is -0.357 e. The van der Waals surface area contributed by atoms with Gasteiger partial charge in [-0.1, -0.05) is 25.5 Å². The Kier molecular flexibility index (Phi) is 7.69. The van der Waals surface area contributed by atoms with E-state index in [1.54, 1.807) is 12.1 Å². The monoisotopic (exact) mass is 353 g/mol. The number of aliphatic imine (C=N–C) groups is 1. The van der Waals surface area contributed by atoms with Gasteiger partial charge >= 0.3 is 0 Å². The van der Waals surface area contributed by atoms with E-state index in [4.69, 9.17) is 0 Å². The van der Waals surface area contributed by atoms with Crippen LogP contribution in [0.25, 0.3) is 0 Å². The molecule has 134 valence electrons.